The van der Waals surface area contributed by atoms with Crippen LogP contribution in [0.3, 0.4) is 0 Å². The van der Waals surface area contributed by atoms with Crippen molar-refractivity contribution in [3.63, 3.8) is 0 Å². The number of aromatic nitrogens is 1. The molecule has 2 aliphatic carbocycles. The molecule has 1 saturated carbocycles. The predicted octanol–water partition coefficient (Wildman–Crippen LogP) is 2.39. The Morgan fingerprint density at radius 3 is 2.72 bits per heavy atom. The van der Waals surface area contributed by atoms with Gasteiger partial charge in [-0.1, -0.05) is 0 Å². The largest absolute Gasteiger partial charge is 0.464 e. The van der Waals surface area contributed by atoms with E-state index >= 15 is 0 Å². The Bertz CT molecular complexity index is 844. The van der Waals surface area contributed by atoms with Gasteiger partial charge in [0, 0.05) is 29.6 Å². The van der Waals surface area contributed by atoms with E-state index in [0.717, 1.165) is 6.42 Å². The number of fused-ring (bicyclic) bond motifs is 1. The van der Waals surface area contributed by atoms with Crippen LogP contribution < -0.4 is 0 Å². The van der Waals surface area contributed by atoms with Crippen molar-refractivity contribution in [3.05, 3.63) is 34.8 Å². The van der Waals surface area contributed by atoms with Gasteiger partial charge in [0.2, 0.25) is 0 Å². The maximum absolute atomic E-state index is 12.5. The normalized spacial score (nSPS) is 26.4. The second-order valence-electron chi connectivity index (χ2n) is 7.82. The van der Waals surface area contributed by atoms with Crippen LogP contribution in [-0.4, -0.2) is 47.0 Å². The number of carbonyl (C=O) groups is 3. The van der Waals surface area contributed by atoms with Crippen molar-refractivity contribution in [1.82, 2.24) is 9.88 Å². The zero-order valence-corrected chi connectivity index (χ0v) is 14.6. The Labute approximate surface area is 145 Å². The van der Waals surface area contributed by atoms with Gasteiger partial charge in [-0.25, -0.2) is 9.59 Å². The van der Waals surface area contributed by atoms with Gasteiger partial charge in [0.1, 0.15) is 11.3 Å². The number of H-pyrrole nitrogens is 1. The molecule has 2 fully saturated rings. The van der Waals surface area contributed by atoms with Gasteiger partial charge in [0.25, 0.3) is 0 Å². The lowest BCUT2D eigenvalue weighted by atomic mass is 9.87. The van der Waals surface area contributed by atoms with Gasteiger partial charge in [-0.3, -0.25) is 9.69 Å². The monoisotopic (exact) mass is 344 g/mol. The maximum Gasteiger partial charge on any atom is 0.414 e. The van der Waals surface area contributed by atoms with E-state index in [-0.39, 0.29) is 17.4 Å². The third-order valence-corrected chi connectivity index (χ3v) is 5.07. The lowest BCUT2D eigenvalue weighted by molar-refractivity contribution is 0.0321. The van der Waals surface area contributed by atoms with Crippen LogP contribution >= 0.6 is 0 Å². The molecule has 0 bridgehead atoms. The molecule has 1 aromatic rings. The summed E-state index contributed by atoms with van der Waals surface area (Å²) >= 11 is 0. The van der Waals surface area contributed by atoms with Crippen molar-refractivity contribution in [2.24, 2.45) is 5.92 Å². The molecule has 1 aliphatic heterocycles. The van der Waals surface area contributed by atoms with E-state index in [9.17, 15) is 14.4 Å². The molecule has 1 amide bonds. The lowest BCUT2D eigenvalue weighted by Crippen LogP contribution is -2.37. The highest BCUT2D eigenvalue weighted by Gasteiger charge is 2.68. The first-order chi connectivity index (χ1) is 11.7. The number of allylic oxidation sites excluding steroid dienone is 2. The number of piperidine rings is 1. The van der Waals surface area contributed by atoms with E-state index in [2.05, 4.69) is 4.98 Å². The minimum Gasteiger partial charge on any atom is -0.464 e. The number of carbonyl (C=O) groups excluding carboxylic acids is 3. The summed E-state index contributed by atoms with van der Waals surface area (Å²) in [6.07, 6.45) is 1.91. The van der Waals surface area contributed by atoms with E-state index < -0.39 is 23.1 Å². The Hall–Kier alpha value is -2.57. The highest BCUT2D eigenvalue weighted by Crippen LogP contribution is 2.66. The number of esters is 1. The number of ketones is 1. The number of hydrogen-bond donors (Lipinski definition) is 1. The van der Waals surface area contributed by atoms with Crippen molar-refractivity contribution in [1.29, 1.82) is 0 Å². The summed E-state index contributed by atoms with van der Waals surface area (Å²) in [5.74, 6) is -0.509. The van der Waals surface area contributed by atoms with Gasteiger partial charge in [-0.15, -0.1) is 0 Å². The molecule has 0 unspecified atom stereocenters. The molecule has 1 spiro atoms. The standard InChI is InChI=1S/C18H20N2O5/c1-17(2,3)25-16(23)20-8-9-7-18(9)13(20)6-12(21)10-5-11(15(22)24-4)19-14(10)18/h5-6,9,19H,7-8H2,1-4H3/t9-,18+/m1/s1. The molecule has 0 aromatic carbocycles. The van der Waals surface area contributed by atoms with E-state index in [1.165, 1.54) is 19.3 Å². The van der Waals surface area contributed by atoms with E-state index in [1.807, 2.05) is 20.8 Å². The summed E-state index contributed by atoms with van der Waals surface area (Å²) in [6.45, 7) is 5.94. The van der Waals surface area contributed by atoms with Gasteiger partial charge in [-0.05, 0) is 39.2 Å². The van der Waals surface area contributed by atoms with Crippen molar-refractivity contribution >= 4 is 17.8 Å². The van der Waals surface area contributed by atoms with Crippen LogP contribution in [0.1, 0.15) is 53.7 Å². The van der Waals surface area contributed by atoms with Crippen molar-refractivity contribution in [2.75, 3.05) is 13.7 Å². The molecular formula is C18H20N2O5. The lowest BCUT2D eigenvalue weighted by Gasteiger charge is -2.30. The number of amides is 1. The Kier molecular flexibility index (Phi) is 3.02. The van der Waals surface area contributed by atoms with E-state index in [1.54, 1.807) is 4.90 Å². The van der Waals surface area contributed by atoms with Gasteiger partial charge in [0.15, 0.2) is 5.78 Å². The van der Waals surface area contributed by atoms with Crippen molar-refractivity contribution < 1.29 is 23.9 Å². The Balaban J connectivity index is 1.72. The van der Waals surface area contributed by atoms with Crippen LogP contribution in [0.15, 0.2) is 17.8 Å². The quantitative estimate of drug-likeness (QED) is 0.790. The van der Waals surface area contributed by atoms with Gasteiger partial charge in [-0.2, -0.15) is 0 Å². The predicted molar refractivity (Wildman–Crippen MR) is 87.3 cm³/mol. The molecule has 2 heterocycles. The maximum atomic E-state index is 12.5. The number of methoxy groups -OCH3 is 1. The summed E-state index contributed by atoms with van der Waals surface area (Å²) in [7, 11) is 1.30. The van der Waals surface area contributed by atoms with Gasteiger partial charge < -0.3 is 14.5 Å². The van der Waals surface area contributed by atoms with Crippen LogP contribution in [-0.2, 0) is 14.9 Å². The number of likely N-dealkylation sites (tertiary alicyclic amines) is 1. The fourth-order valence-electron chi connectivity index (χ4n) is 3.98. The molecular weight excluding hydrogens is 324 g/mol. The minimum atomic E-state index is -0.605. The number of nitrogens with zero attached hydrogens (tertiary/aromatic N) is 1. The summed E-state index contributed by atoms with van der Waals surface area (Å²) < 4.78 is 10.2. The van der Waals surface area contributed by atoms with Crippen LogP contribution in [0.25, 0.3) is 0 Å². The topological polar surface area (TPSA) is 88.7 Å². The van der Waals surface area contributed by atoms with Crippen LogP contribution in [0.5, 0.6) is 0 Å². The molecule has 132 valence electrons. The zero-order valence-electron chi connectivity index (χ0n) is 14.6. The Morgan fingerprint density at radius 1 is 1.36 bits per heavy atom. The molecule has 3 aliphatic rings. The van der Waals surface area contributed by atoms with Gasteiger partial charge >= 0.3 is 12.1 Å². The third-order valence-electron chi connectivity index (χ3n) is 5.07. The van der Waals surface area contributed by atoms with Crippen molar-refractivity contribution in [3.8, 4) is 0 Å². The number of rotatable bonds is 1. The zero-order chi connectivity index (χ0) is 18.1. The summed E-state index contributed by atoms with van der Waals surface area (Å²) in [6, 6.07) is 1.54. The molecule has 1 N–H and O–H groups in total. The van der Waals surface area contributed by atoms with E-state index in [0.29, 0.717) is 23.5 Å². The molecule has 7 heteroatoms. The molecule has 2 atom stereocenters. The Morgan fingerprint density at radius 2 is 2.08 bits per heavy atom. The second kappa shape index (κ2) is 4.74. The number of ether oxygens (including phenoxy) is 2. The smallest absolute Gasteiger partial charge is 0.414 e. The highest BCUT2D eigenvalue weighted by atomic mass is 16.6. The average molecular weight is 344 g/mol. The minimum absolute atomic E-state index is 0.219. The number of hydrogen-bond acceptors (Lipinski definition) is 5. The fourth-order valence-corrected chi connectivity index (χ4v) is 3.98. The van der Waals surface area contributed by atoms with Crippen molar-refractivity contribution in [2.45, 2.75) is 38.2 Å². The first-order valence-electron chi connectivity index (χ1n) is 8.26. The van der Waals surface area contributed by atoms with Crippen LogP contribution in [0.2, 0.25) is 0 Å². The SMILES string of the molecule is COC(=O)c1cc2c([nH]1)[C@@]13C[C@@H]1CN(C(=O)OC(C)(C)C)C3=CC2=O. The first-order valence-corrected chi connectivity index (χ1v) is 8.26. The highest BCUT2D eigenvalue weighted by molar-refractivity contribution is 6.10. The van der Waals surface area contributed by atoms with Crippen LogP contribution in [0.4, 0.5) is 4.79 Å². The molecule has 0 radical (unpaired) electrons. The molecule has 7 nitrogen and oxygen atoms in total. The summed E-state index contributed by atoms with van der Waals surface area (Å²) in [5, 5.41) is 0. The second-order valence-corrected chi connectivity index (χ2v) is 7.82. The molecule has 25 heavy (non-hydrogen) atoms. The average Bonchev–Trinajstić information content (AvgIpc) is 2.90. The number of aromatic amines is 1. The molecule has 4 rings (SSSR count). The fraction of sp³-hybridized carbons (Fsp3) is 0.500. The summed E-state index contributed by atoms with van der Waals surface area (Å²) in [4.78, 5) is 41.5. The van der Waals surface area contributed by atoms with Gasteiger partial charge in [0.05, 0.1) is 12.5 Å². The molecule has 1 saturated heterocycles. The number of nitrogens with one attached hydrogen (secondary N) is 1. The van der Waals surface area contributed by atoms with Crippen LogP contribution in [0, 0.1) is 5.92 Å². The third kappa shape index (κ3) is 2.14. The molecule has 1 aromatic heterocycles. The van der Waals surface area contributed by atoms with E-state index in [4.69, 9.17) is 9.47 Å². The summed E-state index contributed by atoms with van der Waals surface area (Å²) in [5.41, 5.74) is 1.12. The first kappa shape index (κ1) is 15.9.